The topological polar surface area (TPSA) is 127 Å². The summed E-state index contributed by atoms with van der Waals surface area (Å²) in [5.41, 5.74) is 5.00. The predicted molar refractivity (Wildman–Crippen MR) is 183 cm³/mol. The van der Waals surface area contributed by atoms with Gasteiger partial charge in [0.15, 0.2) is 11.5 Å². The molecule has 0 unspecified atom stereocenters. The first-order valence-electron chi connectivity index (χ1n) is 17.2. The summed E-state index contributed by atoms with van der Waals surface area (Å²) in [6, 6.07) is 5.73. The summed E-state index contributed by atoms with van der Waals surface area (Å²) >= 11 is 0. The standard InChI is InChI=1S/C37H62N2O8/c1-12-45-35(42)39-29(22-27(24(2)3)20-26-14-15-31(44-11)33(21-26)46-19-13-18-43-10)32(47-37(39,8)9)23-28(25(4)5)30(40)16-17-36(6,7)34(38)41/h14-15,21,24-25,27-29,32H,12-13,16-20,22-23H2,1-11H3,(H2,38,41)/t27-,28-,29-,32-/m0/s1. The average Bonchev–Trinajstić information content (AvgIpc) is 3.24. The summed E-state index contributed by atoms with van der Waals surface area (Å²) < 4.78 is 29.0. The molecule has 1 aliphatic rings. The number of rotatable bonds is 20. The fourth-order valence-electron chi connectivity index (χ4n) is 6.40. The van der Waals surface area contributed by atoms with Crippen LogP contribution < -0.4 is 15.2 Å². The molecule has 268 valence electrons. The van der Waals surface area contributed by atoms with Gasteiger partial charge < -0.3 is 29.4 Å². The Hall–Kier alpha value is -2.85. The molecule has 1 heterocycles. The molecule has 10 nitrogen and oxygen atoms in total. The van der Waals surface area contributed by atoms with E-state index in [4.69, 9.17) is 29.4 Å². The smallest absolute Gasteiger partial charge is 0.412 e. The number of carbonyl (C=O) groups excluding carboxylic acids is 3. The number of benzene rings is 1. The van der Waals surface area contributed by atoms with Crippen molar-refractivity contribution in [3.05, 3.63) is 23.8 Å². The van der Waals surface area contributed by atoms with E-state index in [1.807, 2.05) is 39.8 Å². The lowest BCUT2D eigenvalue weighted by Crippen LogP contribution is -2.49. The van der Waals surface area contributed by atoms with Gasteiger partial charge in [0, 0.05) is 37.9 Å². The summed E-state index contributed by atoms with van der Waals surface area (Å²) in [6.45, 7) is 19.0. The molecule has 2 amide bonds. The van der Waals surface area contributed by atoms with Crippen molar-refractivity contribution in [2.24, 2.45) is 34.8 Å². The van der Waals surface area contributed by atoms with Gasteiger partial charge in [-0.15, -0.1) is 0 Å². The molecule has 1 aliphatic heterocycles. The Balaban J connectivity index is 2.40. The Bertz CT molecular complexity index is 1170. The lowest BCUT2D eigenvalue weighted by molar-refractivity contribution is -0.129. The second-order valence-corrected chi connectivity index (χ2v) is 14.7. The fraction of sp³-hybridized carbons (Fsp3) is 0.757. The second kappa shape index (κ2) is 18.1. The van der Waals surface area contributed by atoms with Crippen LogP contribution in [0.1, 0.15) is 100.0 Å². The Labute approximate surface area is 283 Å². The van der Waals surface area contributed by atoms with E-state index in [1.165, 1.54) is 0 Å². The van der Waals surface area contributed by atoms with Gasteiger partial charge in [-0.05, 0) is 81.9 Å². The Kier molecular flexibility index (Phi) is 15.5. The van der Waals surface area contributed by atoms with E-state index in [9.17, 15) is 14.4 Å². The van der Waals surface area contributed by atoms with Gasteiger partial charge in [0.2, 0.25) is 5.91 Å². The normalized spacial score (nSPS) is 19.1. The van der Waals surface area contributed by atoms with Crippen molar-refractivity contribution in [3.63, 3.8) is 0 Å². The van der Waals surface area contributed by atoms with Crippen LogP contribution in [0, 0.1) is 29.1 Å². The van der Waals surface area contributed by atoms with Crippen LogP contribution in [-0.2, 0) is 30.2 Å². The highest BCUT2D eigenvalue weighted by molar-refractivity contribution is 5.84. The van der Waals surface area contributed by atoms with Crippen LogP contribution in [0.4, 0.5) is 4.79 Å². The maximum Gasteiger partial charge on any atom is 0.412 e. The summed E-state index contributed by atoms with van der Waals surface area (Å²) in [5.74, 6) is 1.24. The molecule has 0 aromatic heterocycles. The number of carbonyl (C=O) groups is 3. The molecule has 10 heteroatoms. The van der Waals surface area contributed by atoms with Gasteiger partial charge in [0.1, 0.15) is 11.5 Å². The van der Waals surface area contributed by atoms with Crippen molar-refractivity contribution in [1.29, 1.82) is 0 Å². The van der Waals surface area contributed by atoms with E-state index < -0.39 is 23.1 Å². The summed E-state index contributed by atoms with van der Waals surface area (Å²) in [6.07, 6.45) is 2.48. The minimum absolute atomic E-state index is 0.0469. The van der Waals surface area contributed by atoms with Crippen LogP contribution >= 0.6 is 0 Å². The highest BCUT2D eigenvalue weighted by Gasteiger charge is 2.52. The van der Waals surface area contributed by atoms with E-state index in [1.54, 1.807) is 39.9 Å². The number of methoxy groups -OCH3 is 2. The third kappa shape index (κ3) is 11.4. The first-order valence-corrected chi connectivity index (χ1v) is 17.2. The minimum Gasteiger partial charge on any atom is -0.493 e. The van der Waals surface area contributed by atoms with Gasteiger partial charge >= 0.3 is 6.09 Å². The molecule has 2 N–H and O–H groups in total. The number of amides is 2. The van der Waals surface area contributed by atoms with Crippen molar-refractivity contribution in [3.8, 4) is 11.5 Å². The van der Waals surface area contributed by atoms with Crippen molar-refractivity contribution < 1.29 is 38.1 Å². The summed E-state index contributed by atoms with van der Waals surface area (Å²) in [4.78, 5) is 40.8. The first-order chi connectivity index (χ1) is 22.0. The third-order valence-electron chi connectivity index (χ3n) is 9.58. The van der Waals surface area contributed by atoms with Crippen LogP contribution in [0.3, 0.4) is 0 Å². The van der Waals surface area contributed by atoms with Crippen LogP contribution in [-0.4, -0.2) is 74.6 Å². The SMILES string of the molecule is CCOC(=O)N1[C@@H](C[C@H](Cc2ccc(OC)c(OCCCOC)c2)C(C)C)[C@H](C[C@H](C(=O)CCC(C)(C)C(N)=O)C(C)C)OC1(C)C. The zero-order valence-corrected chi connectivity index (χ0v) is 30.9. The van der Waals surface area contributed by atoms with Gasteiger partial charge in [0.05, 0.1) is 32.5 Å². The predicted octanol–water partition coefficient (Wildman–Crippen LogP) is 6.80. The van der Waals surface area contributed by atoms with Gasteiger partial charge in [-0.25, -0.2) is 4.79 Å². The third-order valence-corrected chi connectivity index (χ3v) is 9.58. The molecule has 1 aromatic carbocycles. The lowest BCUT2D eigenvalue weighted by atomic mass is 9.78. The molecule has 1 fully saturated rings. The number of nitrogens with two attached hydrogens (primary N) is 1. The molecule has 0 radical (unpaired) electrons. The van der Waals surface area contributed by atoms with E-state index in [-0.39, 0.29) is 54.6 Å². The maximum absolute atomic E-state index is 13.7. The Morgan fingerprint density at radius 3 is 2.26 bits per heavy atom. The molecular formula is C37H62N2O8. The number of Topliss-reactive ketones (excluding diaryl/α,β-unsaturated/α-hetero) is 1. The number of ether oxygens (including phenoxy) is 5. The molecule has 4 atom stereocenters. The quantitative estimate of drug-likeness (QED) is 0.151. The number of hydrogen-bond donors (Lipinski definition) is 1. The van der Waals surface area contributed by atoms with Crippen molar-refractivity contribution in [2.75, 3.05) is 34.0 Å². The van der Waals surface area contributed by atoms with Gasteiger partial charge in [-0.3, -0.25) is 14.5 Å². The Morgan fingerprint density at radius 1 is 1.02 bits per heavy atom. The zero-order chi connectivity index (χ0) is 35.5. The monoisotopic (exact) mass is 662 g/mol. The van der Waals surface area contributed by atoms with E-state index in [2.05, 4.69) is 19.9 Å². The Morgan fingerprint density at radius 2 is 1.70 bits per heavy atom. The summed E-state index contributed by atoms with van der Waals surface area (Å²) in [5, 5.41) is 0. The molecule has 0 aliphatic carbocycles. The average molecular weight is 663 g/mol. The number of ketones is 1. The molecule has 0 spiro atoms. The van der Waals surface area contributed by atoms with Crippen molar-refractivity contribution in [1.82, 2.24) is 4.90 Å². The van der Waals surface area contributed by atoms with E-state index >= 15 is 0 Å². The number of primary amides is 1. The van der Waals surface area contributed by atoms with Crippen LogP contribution in [0.2, 0.25) is 0 Å². The number of hydrogen-bond acceptors (Lipinski definition) is 8. The van der Waals surface area contributed by atoms with Gasteiger partial charge in [0.25, 0.3) is 0 Å². The second-order valence-electron chi connectivity index (χ2n) is 14.7. The van der Waals surface area contributed by atoms with Crippen molar-refractivity contribution in [2.45, 2.75) is 119 Å². The summed E-state index contributed by atoms with van der Waals surface area (Å²) in [7, 11) is 3.30. The lowest BCUT2D eigenvalue weighted by Gasteiger charge is -2.35. The highest BCUT2D eigenvalue weighted by Crippen LogP contribution is 2.42. The molecule has 0 bridgehead atoms. The minimum atomic E-state index is -0.926. The zero-order valence-electron chi connectivity index (χ0n) is 30.9. The fourth-order valence-corrected chi connectivity index (χ4v) is 6.40. The van der Waals surface area contributed by atoms with E-state index in [0.717, 1.165) is 18.4 Å². The molecule has 2 rings (SSSR count). The molecule has 1 aromatic rings. The van der Waals surface area contributed by atoms with Crippen molar-refractivity contribution >= 4 is 17.8 Å². The van der Waals surface area contributed by atoms with Crippen LogP contribution in [0.5, 0.6) is 11.5 Å². The maximum atomic E-state index is 13.7. The van der Waals surface area contributed by atoms with Crippen LogP contribution in [0.25, 0.3) is 0 Å². The van der Waals surface area contributed by atoms with Crippen LogP contribution in [0.15, 0.2) is 18.2 Å². The highest BCUT2D eigenvalue weighted by atomic mass is 16.6. The van der Waals surface area contributed by atoms with E-state index in [0.29, 0.717) is 44.0 Å². The first kappa shape index (κ1) is 40.3. The number of nitrogens with zero attached hydrogens (tertiary/aromatic N) is 1. The molecule has 47 heavy (non-hydrogen) atoms. The molecule has 1 saturated heterocycles. The molecular weight excluding hydrogens is 600 g/mol. The van der Waals surface area contributed by atoms with Gasteiger partial charge in [-0.2, -0.15) is 0 Å². The van der Waals surface area contributed by atoms with Gasteiger partial charge in [-0.1, -0.05) is 47.6 Å². The molecule has 0 saturated carbocycles. The largest absolute Gasteiger partial charge is 0.493 e.